The summed E-state index contributed by atoms with van der Waals surface area (Å²) in [5.74, 6) is 0.359. The van der Waals surface area contributed by atoms with Crippen LogP contribution in [0, 0.1) is 6.92 Å². The van der Waals surface area contributed by atoms with E-state index in [0.717, 1.165) is 17.4 Å². The number of pyridine rings is 1. The van der Waals surface area contributed by atoms with Crippen molar-refractivity contribution in [2.24, 2.45) is 0 Å². The van der Waals surface area contributed by atoms with Crippen molar-refractivity contribution in [3.8, 4) is 17.0 Å². The molecule has 0 unspecified atom stereocenters. The minimum Gasteiger partial charge on any atom is -0.480 e. The molecule has 1 aromatic heterocycles. The van der Waals surface area contributed by atoms with Crippen molar-refractivity contribution in [3.05, 3.63) is 47.7 Å². The number of benzene rings is 1. The molecule has 0 bridgehead atoms. The van der Waals surface area contributed by atoms with Crippen LogP contribution >= 0.6 is 0 Å². The van der Waals surface area contributed by atoms with Crippen molar-refractivity contribution < 1.29 is 9.53 Å². The number of carbonyl (C=O) groups excluding carboxylic acids is 1. The first-order chi connectivity index (χ1) is 8.26. The third kappa shape index (κ3) is 2.18. The Hall–Kier alpha value is -2.16. The largest absolute Gasteiger partial charge is 0.480 e. The van der Waals surface area contributed by atoms with E-state index in [4.69, 9.17) is 4.74 Å². The number of carbonyl (C=O) groups is 1. The molecule has 0 saturated heterocycles. The zero-order valence-electron chi connectivity index (χ0n) is 9.81. The van der Waals surface area contributed by atoms with Gasteiger partial charge in [-0.1, -0.05) is 29.8 Å². The predicted molar refractivity (Wildman–Crippen MR) is 66.3 cm³/mol. The zero-order valence-corrected chi connectivity index (χ0v) is 9.81. The Morgan fingerprint density at radius 3 is 2.47 bits per heavy atom. The molecule has 0 aliphatic carbocycles. The maximum Gasteiger partial charge on any atom is 0.224 e. The monoisotopic (exact) mass is 227 g/mol. The lowest BCUT2D eigenvalue weighted by atomic mass is 10.0. The lowest BCUT2D eigenvalue weighted by Gasteiger charge is -2.08. The van der Waals surface area contributed by atoms with Gasteiger partial charge < -0.3 is 4.74 Å². The number of nitrogens with zero attached hydrogens (tertiary/aromatic N) is 1. The molecule has 0 fully saturated rings. The SMILES string of the molecule is COc1nccc(-c2ccc(C)cc2)c1C=O. The van der Waals surface area contributed by atoms with Crippen LogP contribution in [0.1, 0.15) is 15.9 Å². The fourth-order valence-electron chi connectivity index (χ4n) is 1.72. The molecular weight excluding hydrogens is 214 g/mol. The van der Waals surface area contributed by atoms with Gasteiger partial charge in [-0.3, -0.25) is 4.79 Å². The number of rotatable bonds is 3. The minimum absolute atomic E-state index is 0.359. The van der Waals surface area contributed by atoms with Crippen LogP contribution in [-0.4, -0.2) is 18.4 Å². The molecule has 0 amide bonds. The van der Waals surface area contributed by atoms with E-state index < -0.39 is 0 Å². The fourth-order valence-corrected chi connectivity index (χ4v) is 1.72. The standard InChI is InChI=1S/C14H13NO2/c1-10-3-5-11(6-4-10)12-7-8-15-14(17-2)13(12)9-16/h3-9H,1-2H3. The molecule has 2 rings (SSSR count). The van der Waals surface area contributed by atoms with Gasteiger partial charge in [-0.2, -0.15) is 0 Å². The van der Waals surface area contributed by atoms with Crippen molar-refractivity contribution in [3.63, 3.8) is 0 Å². The van der Waals surface area contributed by atoms with Gasteiger partial charge in [0.25, 0.3) is 0 Å². The number of hydrogen-bond acceptors (Lipinski definition) is 3. The average Bonchev–Trinajstić information content (AvgIpc) is 2.38. The summed E-state index contributed by atoms with van der Waals surface area (Å²) in [6.45, 7) is 2.03. The third-order valence-corrected chi connectivity index (χ3v) is 2.63. The molecule has 3 nitrogen and oxygen atoms in total. The molecule has 0 atom stereocenters. The fraction of sp³-hybridized carbons (Fsp3) is 0.143. The number of aryl methyl sites for hydroxylation is 1. The second-order valence-corrected chi connectivity index (χ2v) is 3.77. The van der Waals surface area contributed by atoms with Crippen molar-refractivity contribution in [2.45, 2.75) is 6.92 Å². The summed E-state index contributed by atoms with van der Waals surface area (Å²) in [5.41, 5.74) is 3.49. The Morgan fingerprint density at radius 1 is 1.18 bits per heavy atom. The van der Waals surface area contributed by atoms with Gasteiger partial charge in [0.15, 0.2) is 6.29 Å². The first-order valence-electron chi connectivity index (χ1n) is 5.31. The summed E-state index contributed by atoms with van der Waals surface area (Å²) in [7, 11) is 1.51. The first-order valence-corrected chi connectivity index (χ1v) is 5.31. The second-order valence-electron chi connectivity index (χ2n) is 3.77. The van der Waals surface area contributed by atoms with Gasteiger partial charge in [-0.25, -0.2) is 4.98 Å². The predicted octanol–water partition coefficient (Wildman–Crippen LogP) is 2.88. The van der Waals surface area contributed by atoms with Gasteiger partial charge in [0.2, 0.25) is 5.88 Å². The van der Waals surface area contributed by atoms with Crippen LogP contribution in [0.15, 0.2) is 36.5 Å². The molecule has 0 saturated carbocycles. The summed E-state index contributed by atoms with van der Waals surface area (Å²) in [5, 5.41) is 0. The molecule has 3 heteroatoms. The summed E-state index contributed by atoms with van der Waals surface area (Å²) in [6, 6.07) is 9.80. The molecule has 1 aromatic carbocycles. The van der Waals surface area contributed by atoms with Crippen LogP contribution < -0.4 is 4.74 Å². The van der Waals surface area contributed by atoms with Crippen LogP contribution in [0.3, 0.4) is 0 Å². The third-order valence-electron chi connectivity index (χ3n) is 2.63. The van der Waals surface area contributed by atoms with Crippen LogP contribution in [0.5, 0.6) is 5.88 Å². The number of aldehydes is 1. The van der Waals surface area contributed by atoms with E-state index >= 15 is 0 Å². The van der Waals surface area contributed by atoms with E-state index in [1.165, 1.54) is 12.7 Å². The van der Waals surface area contributed by atoms with E-state index in [2.05, 4.69) is 4.98 Å². The molecule has 86 valence electrons. The van der Waals surface area contributed by atoms with Gasteiger partial charge in [0, 0.05) is 6.20 Å². The minimum atomic E-state index is 0.359. The van der Waals surface area contributed by atoms with Crippen LogP contribution in [0.4, 0.5) is 0 Å². The molecule has 0 aliphatic heterocycles. The molecule has 0 N–H and O–H groups in total. The van der Waals surface area contributed by atoms with Crippen LogP contribution in [0.2, 0.25) is 0 Å². The van der Waals surface area contributed by atoms with Gasteiger partial charge in [-0.15, -0.1) is 0 Å². The molecule has 0 radical (unpaired) electrons. The molecular formula is C14H13NO2. The lowest BCUT2D eigenvalue weighted by molar-refractivity contribution is 0.112. The Kier molecular flexibility index (Phi) is 3.19. The Labute approximate surface area is 100 Å². The highest BCUT2D eigenvalue weighted by atomic mass is 16.5. The van der Waals surface area contributed by atoms with Gasteiger partial charge in [-0.05, 0) is 24.1 Å². The number of aromatic nitrogens is 1. The first kappa shape index (κ1) is 11.3. The normalized spacial score (nSPS) is 10.0. The van der Waals surface area contributed by atoms with Gasteiger partial charge >= 0.3 is 0 Å². The topological polar surface area (TPSA) is 39.2 Å². The van der Waals surface area contributed by atoms with E-state index in [9.17, 15) is 4.79 Å². The van der Waals surface area contributed by atoms with Crippen molar-refractivity contribution in [1.82, 2.24) is 4.98 Å². The summed E-state index contributed by atoms with van der Waals surface area (Å²) >= 11 is 0. The summed E-state index contributed by atoms with van der Waals surface area (Å²) in [4.78, 5) is 15.1. The quantitative estimate of drug-likeness (QED) is 0.757. The summed E-state index contributed by atoms with van der Waals surface area (Å²) < 4.78 is 5.08. The highest BCUT2D eigenvalue weighted by Crippen LogP contribution is 2.27. The zero-order chi connectivity index (χ0) is 12.3. The Balaban J connectivity index is 2.58. The van der Waals surface area contributed by atoms with Crippen molar-refractivity contribution in [1.29, 1.82) is 0 Å². The molecule has 0 spiro atoms. The number of hydrogen-bond donors (Lipinski definition) is 0. The van der Waals surface area contributed by atoms with Crippen LogP contribution in [0.25, 0.3) is 11.1 Å². The second kappa shape index (κ2) is 4.78. The molecule has 1 heterocycles. The Bertz CT molecular complexity index is 532. The van der Waals surface area contributed by atoms with Crippen LogP contribution in [-0.2, 0) is 0 Å². The maximum absolute atomic E-state index is 11.1. The lowest BCUT2D eigenvalue weighted by Crippen LogP contribution is -1.96. The van der Waals surface area contributed by atoms with E-state index in [1.807, 2.05) is 37.3 Å². The number of ether oxygens (including phenoxy) is 1. The number of methoxy groups -OCH3 is 1. The molecule has 2 aromatic rings. The highest BCUT2D eigenvalue weighted by Gasteiger charge is 2.10. The van der Waals surface area contributed by atoms with Gasteiger partial charge in [0.1, 0.15) is 0 Å². The van der Waals surface area contributed by atoms with Crippen molar-refractivity contribution in [2.75, 3.05) is 7.11 Å². The molecule has 17 heavy (non-hydrogen) atoms. The van der Waals surface area contributed by atoms with E-state index in [1.54, 1.807) is 6.20 Å². The van der Waals surface area contributed by atoms with E-state index in [0.29, 0.717) is 11.4 Å². The highest BCUT2D eigenvalue weighted by molar-refractivity contribution is 5.90. The summed E-state index contributed by atoms with van der Waals surface area (Å²) in [6.07, 6.45) is 2.42. The van der Waals surface area contributed by atoms with Gasteiger partial charge in [0.05, 0.1) is 12.7 Å². The average molecular weight is 227 g/mol. The van der Waals surface area contributed by atoms with E-state index in [-0.39, 0.29) is 0 Å². The smallest absolute Gasteiger partial charge is 0.224 e. The van der Waals surface area contributed by atoms with Crippen molar-refractivity contribution >= 4 is 6.29 Å². The Morgan fingerprint density at radius 2 is 1.88 bits per heavy atom. The molecule has 0 aliphatic rings. The maximum atomic E-state index is 11.1.